The fraction of sp³-hybridized carbons (Fsp3) is 0.625. The topological polar surface area (TPSA) is 381 Å². The third-order valence-electron chi connectivity index (χ3n) is 7.01. The number of carbonyl (C=O) groups is 4. The monoisotopic (exact) mass is 837 g/mol. The molecule has 2 aromatic heterocycles. The highest BCUT2D eigenvalue weighted by atomic mass is 32.2. The van der Waals surface area contributed by atoms with Crippen LogP contribution in [0.3, 0.4) is 0 Å². The molecule has 0 bridgehead atoms. The number of rotatable bonds is 21. The Labute approximate surface area is 303 Å². The molecule has 0 aromatic carbocycles. The molecule has 10 N–H and O–H groups in total. The molecule has 1 saturated heterocycles. The number of nitrogen functional groups attached to an aromatic ring is 1. The van der Waals surface area contributed by atoms with Crippen molar-refractivity contribution in [2.24, 2.45) is 5.41 Å². The molecule has 3 rings (SSSR count). The van der Waals surface area contributed by atoms with Crippen LogP contribution in [-0.4, -0.2) is 129 Å². The summed E-state index contributed by atoms with van der Waals surface area (Å²) >= 11 is 0.864. The van der Waals surface area contributed by atoms with Crippen molar-refractivity contribution in [2.75, 3.05) is 37.8 Å². The van der Waals surface area contributed by atoms with Crippen LogP contribution in [0.1, 0.15) is 32.9 Å². The molecular weight excluding hydrogens is 799 g/mol. The summed E-state index contributed by atoms with van der Waals surface area (Å²) in [5.74, 6) is -1.32. The van der Waals surface area contributed by atoms with Crippen LogP contribution in [0, 0.1) is 5.41 Å². The van der Waals surface area contributed by atoms with Gasteiger partial charge in [0.15, 0.2) is 22.8 Å². The molecule has 0 radical (unpaired) electrons. The average molecular weight is 838 g/mol. The Bertz CT molecular complexity index is 1780. The number of amides is 2. The fourth-order valence-electron chi connectivity index (χ4n) is 4.42. The molecule has 1 aliphatic rings. The Balaban J connectivity index is 1.52. The number of aliphatic hydroxyl groups is 2. The second-order valence-corrected chi connectivity index (χ2v) is 17.0. The molecule has 1 fully saturated rings. The first kappa shape index (κ1) is 44.6. The van der Waals surface area contributed by atoms with E-state index >= 15 is 0 Å². The number of nitrogens with two attached hydrogens (primary N) is 1. The Hall–Kier alpha value is -2.77. The van der Waals surface area contributed by atoms with Gasteiger partial charge in [-0.05, 0) is 0 Å². The largest absolute Gasteiger partial charge is 0.481 e. The van der Waals surface area contributed by atoms with Crippen LogP contribution >= 0.6 is 35.2 Å². The lowest BCUT2D eigenvalue weighted by atomic mass is 9.87. The molecule has 2 amide bonds. The van der Waals surface area contributed by atoms with Crippen LogP contribution in [0.2, 0.25) is 0 Å². The minimum atomic E-state index is -5.57. The van der Waals surface area contributed by atoms with Gasteiger partial charge in [0, 0.05) is 30.7 Å². The molecule has 0 saturated carbocycles. The van der Waals surface area contributed by atoms with E-state index in [-0.39, 0.29) is 53.8 Å². The van der Waals surface area contributed by atoms with Gasteiger partial charge in [-0.25, -0.2) is 28.6 Å². The second kappa shape index (κ2) is 18.7. The highest BCUT2D eigenvalue weighted by Gasteiger charge is 2.50. The van der Waals surface area contributed by atoms with Crippen LogP contribution in [0.5, 0.6) is 0 Å². The summed E-state index contributed by atoms with van der Waals surface area (Å²) in [5.41, 5.74) is 4.22. The summed E-state index contributed by atoms with van der Waals surface area (Å²) < 4.78 is 61.8. The van der Waals surface area contributed by atoms with Crippen molar-refractivity contribution in [3.8, 4) is 0 Å². The van der Waals surface area contributed by atoms with Crippen molar-refractivity contribution in [3.05, 3.63) is 12.7 Å². The van der Waals surface area contributed by atoms with Crippen LogP contribution in [-0.2, 0) is 55.5 Å². The molecule has 1 aliphatic heterocycles. The predicted molar refractivity (Wildman–Crippen MR) is 178 cm³/mol. The zero-order valence-electron chi connectivity index (χ0n) is 27.8. The van der Waals surface area contributed by atoms with Crippen molar-refractivity contribution < 1.29 is 85.3 Å². The number of hydrogen-bond acceptors (Lipinski definition) is 19. The third kappa shape index (κ3) is 13.5. The number of phosphoric ester groups is 3. The Morgan fingerprint density at radius 3 is 2.43 bits per heavy atom. The van der Waals surface area contributed by atoms with Gasteiger partial charge in [-0.3, -0.25) is 32.5 Å². The van der Waals surface area contributed by atoms with E-state index in [1.54, 1.807) is 0 Å². The van der Waals surface area contributed by atoms with E-state index in [2.05, 4.69) is 34.4 Å². The maximum Gasteiger partial charge on any atom is 0.481 e. The number of aldehydes is 1. The number of imidazole rings is 1. The SMILES string of the molecule is CC(C)(COP(=O)(O)OP(=O)(O)OCC1OC(n2cnc3c(N)ncnc32)C(O)C1OP(=O)(O)O)C(O)C(=O)NCCC(=O)NCCSC(=O)CC=O. The summed E-state index contributed by atoms with van der Waals surface area (Å²) in [6.07, 6.45) is -6.80. The summed E-state index contributed by atoms with van der Waals surface area (Å²) in [4.78, 5) is 96.7. The number of hydrogen-bond donors (Lipinski definition) is 9. The standard InChI is InChI=1S/C24H38N7O18P3S/c1-24(2,19(36)22(37)27-5-3-14(33)26-6-8-53-15(34)4-7-32)10-46-52(43,44)49-51(41,42)45-9-13-18(48-50(38,39)40)17(35)23(47-13)31-12-30-16-20(25)28-11-29-21(16)31/h7,11-13,17-19,23,35-36H,3-6,8-10H2,1-2H3,(H,26,33)(H,27,37)(H,41,42)(H,43,44)(H2,25,28,29)(H2,38,39,40). The van der Waals surface area contributed by atoms with E-state index in [0.717, 1.165) is 29.0 Å². The lowest BCUT2D eigenvalue weighted by Gasteiger charge is -2.30. The molecule has 29 heteroatoms. The summed E-state index contributed by atoms with van der Waals surface area (Å²) in [7, 11) is -16.4. The van der Waals surface area contributed by atoms with Crippen molar-refractivity contribution >= 4 is 75.4 Å². The zero-order valence-corrected chi connectivity index (χ0v) is 31.3. The molecule has 53 heavy (non-hydrogen) atoms. The first-order valence-electron chi connectivity index (χ1n) is 15.0. The number of carbonyl (C=O) groups excluding carboxylic acids is 4. The lowest BCUT2D eigenvalue weighted by molar-refractivity contribution is -0.137. The number of anilines is 1. The summed E-state index contributed by atoms with van der Waals surface area (Å²) in [5, 5.41) is 25.8. The van der Waals surface area contributed by atoms with E-state index in [1.807, 2.05) is 0 Å². The van der Waals surface area contributed by atoms with E-state index < -0.39 is 84.6 Å². The lowest BCUT2D eigenvalue weighted by Crippen LogP contribution is -2.46. The van der Waals surface area contributed by atoms with Gasteiger partial charge in [-0.15, -0.1) is 0 Å². The van der Waals surface area contributed by atoms with Gasteiger partial charge < -0.3 is 55.7 Å². The summed E-state index contributed by atoms with van der Waals surface area (Å²) in [6.45, 7) is 0.301. The molecule has 7 atom stereocenters. The maximum atomic E-state index is 12.6. The van der Waals surface area contributed by atoms with E-state index in [9.17, 15) is 62.7 Å². The number of phosphoric acid groups is 3. The molecule has 7 unspecified atom stereocenters. The minimum absolute atomic E-state index is 0.0240. The fourth-order valence-corrected chi connectivity index (χ4v) is 7.87. The van der Waals surface area contributed by atoms with Crippen molar-refractivity contribution in [3.63, 3.8) is 0 Å². The van der Waals surface area contributed by atoms with Gasteiger partial charge in [-0.1, -0.05) is 25.6 Å². The average Bonchev–Trinajstić information content (AvgIpc) is 3.61. The van der Waals surface area contributed by atoms with Crippen LogP contribution < -0.4 is 16.4 Å². The van der Waals surface area contributed by atoms with E-state index in [4.69, 9.17) is 19.5 Å². The number of fused-ring (bicyclic) bond motifs is 1. The smallest absolute Gasteiger partial charge is 0.386 e. The molecular formula is C24H38N7O18P3S. The number of thioether (sulfide) groups is 1. The maximum absolute atomic E-state index is 12.6. The zero-order chi connectivity index (χ0) is 39.8. The van der Waals surface area contributed by atoms with Gasteiger partial charge in [0.05, 0.1) is 26.0 Å². The number of aromatic nitrogens is 4. The summed E-state index contributed by atoms with van der Waals surface area (Å²) in [6, 6.07) is 0. The number of aliphatic hydroxyl groups excluding tert-OH is 2. The van der Waals surface area contributed by atoms with Crippen molar-refractivity contribution in [1.29, 1.82) is 0 Å². The van der Waals surface area contributed by atoms with Gasteiger partial charge in [0.2, 0.25) is 11.8 Å². The molecule has 2 aromatic rings. The van der Waals surface area contributed by atoms with Crippen LogP contribution in [0.4, 0.5) is 5.82 Å². The van der Waals surface area contributed by atoms with Gasteiger partial charge in [0.25, 0.3) is 0 Å². The third-order valence-corrected chi connectivity index (χ3v) is 11.0. The number of nitrogens with zero attached hydrogens (tertiary/aromatic N) is 4. The first-order chi connectivity index (χ1) is 24.6. The number of nitrogens with one attached hydrogen (secondary N) is 2. The molecule has 298 valence electrons. The van der Waals surface area contributed by atoms with Crippen molar-refractivity contribution in [2.45, 2.75) is 57.3 Å². The van der Waals surface area contributed by atoms with Crippen LogP contribution in [0.25, 0.3) is 11.2 Å². The molecule has 0 aliphatic carbocycles. The van der Waals surface area contributed by atoms with Crippen LogP contribution in [0.15, 0.2) is 12.7 Å². The highest BCUT2D eigenvalue weighted by Crippen LogP contribution is 2.61. The predicted octanol–water partition coefficient (Wildman–Crippen LogP) is -1.75. The van der Waals surface area contributed by atoms with E-state index in [0.29, 0.717) is 6.29 Å². The Morgan fingerprint density at radius 2 is 1.77 bits per heavy atom. The Morgan fingerprint density at radius 1 is 1.09 bits per heavy atom. The van der Waals surface area contributed by atoms with Gasteiger partial charge in [-0.2, -0.15) is 4.31 Å². The highest BCUT2D eigenvalue weighted by molar-refractivity contribution is 8.13. The minimum Gasteiger partial charge on any atom is -0.386 e. The van der Waals surface area contributed by atoms with E-state index in [1.165, 1.54) is 13.8 Å². The molecule has 3 heterocycles. The second-order valence-electron chi connectivity index (χ2n) is 11.7. The quantitative estimate of drug-likeness (QED) is 0.0291. The van der Waals surface area contributed by atoms with Gasteiger partial charge >= 0.3 is 23.5 Å². The van der Waals surface area contributed by atoms with Crippen molar-refractivity contribution in [1.82, 2.24) is 30.2 Å². The molecule has 0 spiro atoms. The number of ether oxygens (including phenoxy) is 1. The Kier molecular flexibility index (Phi) is 15.8. The molecule has 25 nitrogen and oxygen atoms in total. The van der Waals surface area contributed by atoms with Gasteiger partial charge in [0.1, 0.15) is 42.5 Å². The normalized spacial score (nSPS) is 22.1. The first-order valence-corrected chi connectivity index (χ1v) is 20.5.